The molecule has 7 nitrogen and oxygen atoms in total. The van der Waals surface area contributed by atoms with Crippen LogP contribution in [0, 0.1) is 0 Å². The van der Waals surface area contributed by atoms with E-state index >= 15 is 0 Å². The zero-order valence-corrected chi connectivity index (χ0v) is 14.4. The molecule has 2 aliphatic heterocycles. The number of anilines is 1. The van der Waals surface area contributed by atoms with Crippen LogP contribution in [0.15, 0.2) is 24.5 Å². The van der Waals surface area contributed by atoms with Crippen LogP contribution < -0.4 is 5.32 Å². The lowest BCUT2D eigenvalue weighted by Crippen LogP contribution is -2.42. The summed E-state index contributed by atoms with van der Waals surface area (Å²) in [6, 6.07) is 3.61. The van der Waals surface area contributed by atoms with Gasteiger partial charge in [-0.1, -0.05) is 6.42 Å². The van der Waals surface area contributed by atoms with Crippen LogP contribution in [-0.4, -0.2) is 43.8 Å². The number of pyridine rings is 1. The Hall–Kier alpha value is -2.44. The van der Waals surface area contributed by atoms with E-state index in [2.05, 4.69) is 25.1 Å². The fraction of sp³-hybridized carbons (Fsp3) is 0.556. The second-order valence-corrected chi connectivity index (χ2v) is 6.89. The lowest BCUT2D eigenvalue weighted by molar-refractivity contribution is 0.190. The predicted molar refractivity (Wildman–Crippen MR) is 94.4 cm³/mol. The van der Waals surface area contributed by atoms with E-state index in [0.717, 1.165) is 49.7 Å². The van der Waals surface area contributed by atoms with Gasteiger partial charge in [-0.15, -0.1) is 10.2 Å². The van der Waals surface area contributed by atoms with Crippen molar-refractivity contribution in [3.63, 3.8) is 0 Å². The molecule has 4 heterocycles. The van der Waals surface area contributed by atoms with Gasteiger partial charge in [-0.05, 0) is 37.8 Å². The number of aryl methyl sites for hydroxylation is 1. The number of piperidine rings is 1. The van der Waals surface area contributed by atoms with Gasteiger partial charge in [-0.3, -0.25) is 4.98 Å². The van der Waals surface area contributed by atoms with Crippen molar-refractivity contribution in [2.45, 2.75) is 51.0 Å². The molecule has 1 unspecified atom stereocenters. The number of rotatable bonds is 2. The maximum Gasteiger partial charge on any atom is 0.321 e. The second-order valence-electron chi connectivity index (χ2n) is 6.89. The van der Waals surface area contributed by atoms with Gasteiger partial charge in [0, 0.05) is 38.2 Å². The van der Waals surface area contributed by atoms with E-state index in [4.69, 9.17) is 0 Å². The van der Waals surface area contributed by atoms with E-state index in [1.807, 2.05) is 17.0 Å². The maximum absolute atomic E-state index is 12.6. The largest absolute Gasteiger partial charge is 0.324 e. The quantitative estimate of drug-likeness (QED) is 0.912. The van der Waals surface area contributed by atoms with Crippen molar-refractivity contribution in [2.24, 2.45) is 0 Å². The maximum atomic E-state index is 12.6. The number of carbonyl (C=O) groups is 1. The van der Waals surface area contributed by atoms with Crippen LogP contribution in [-0.2, 0) is 13.0 Å². The van der Waals surface area contributed by atoms with E-state index in [1.165, 1.54) is 19.3 Å². The summed E-state index contributed by atoms with van der Waals surface area (Å²) in [6.45, 7) is 2.49. The number of amides is 2. The summed E-state index contributed by atoms with van der Waals surface area (Å²) < 4.78 is 2.31. The Bertz CT molecular complexity index is 728. The number of urea groups is 1. The molecule has 0 aliphatic carbocycles. The molecular formula is C18H24N6O. The number of carbonyl (C=O) groups excluding carboxylic acids is 1. The first kappa shape index (κ1) is 16.1. The molecule has 2 aliphatic rings. The standard InChI is InChI=1S/C18H24N6O/c25-18(20-15-7-4-9-19-12-15)23-10-5-6-14(13-23)17-22-21-16-8-2-1-3-11-24(16)17/h4,7,9,12,14H,1-3,5-6,8,10-11,13H2,(H,20,25). The van der Waals surface area contributed by atoms with Crippen molar-refractivity contribution in [3.8, 4) is 0 Å². The molecule has 2 aromatic heterocycles. The van der Waals surface area contributed by atoms with Crippen molar-refractivity contribution in [1.82, 2.24) is 24.6 Å². The predicted octanol–water partition coefficient (Wildman–Crippen LogP) is 2.81. The number of aromatic nitrogens is 4. The van der Waals surface area contributed by atoms with Crippen LogP contribution in [0.2, 0.25) is 0 Å². The summed E-state index contributed by atoms with van der Waals surface area (Å²) in [5.41, 5.74) is 0.728. The minimum atomic E-state index is -0.0618. The summed E-state index contributed by atoms with van der Waals surface area (Å²) in [5, 5.41) is 11.8. The fourth-order valence-electron chi connectivity index (χ4n) is 3.82. The van der Waals surface area contributed by atoms with Crippen LogP contribution in [0.25, 0.3) is 0 Å². The van der Waals surface area contributed by atoms with Gasteiger partial charge in [-0.25, -0.2) is 4.79 Å². The number of nitrogens with one attached hydrogen (secondary N) is 1. The summed E-state index contributed by atoms with van der Waals surface area (Å²) in [6.07, 6.45) is 10.1. The number of hydrogen-bond acceptors (Lipinski definition) is 4. The first-order valence-electron chi connectivity index (χ1n) is 9.19. The molecule has 0 aromatic carbocycles. The van der Waals surface area contributed by atoms with Gasteiger partial charge in [0.2, 0.25) is 0 Å². The van der Waals surface area contributed by atoms with Crippen LogP contribution in [0.3, 0.4) is 0 Å². The van der Waals surface area contributed by atoms with Gasteiger partial charge >= 0.3 is 6.03 Å². The van der Waals surface area contributed by atoms with Crippen LogP contribution >= 0.6 is 0 Å². The molecule has 4 rings (SSSR count). The number of nitrogens with zero attached hydrogens (tertiary/aromatic N) is 5. The highest BCUT2D eigenvalue weighted by molar-refractivity contribution is 5.89. The highest BCUT2D eigenvalue weighted by Crippen LogP contribution is 2.28. The molecule has 25 heavy (non-hydrogen) atoms. The van der Waals surface area contributed by atoms with Crippen LogP contribution in [0.4, 0.5) is 10.5 Å². The smallest absolute Gasteiger partial charge is 0.321 e. The minimum absolute atomic E-state index is 0.0618. The molecule has 0 spiro atoms. The number of fused-ring (bicyclic) bond motifs is 1. The lowest BCUT2D eigenvalue weighted by Gasteiger charge is -2.32. The summed E-state index contributed by atoms with van der Waals surface area (Å²) >= 11 is 0. The molecular weight excluding hydrogens is 316 g/mol. The van der Waals surface area contributed by atoms with Crippen molar-refractivity contribution in [2.75, 3.05) is 18.4 Å². The van der Waals surface area contributed by atoms with Gasteiger partial charge in [0.05, 0.1) is 11.9 Å². The molecule has 0 bridgehead atoms. The van der Waals surface area contributed by atoms with E-state index in [0.29, 0.717) is 6.54 Å². The van der Waals surface area contributed by atoms with E-state index < -0.39 is 0 Å². The number of likely N-dealkylation sites (tertiary alicyclic amines) is 1. The second kappa shape index (κ2) is 7.21. The van der Waals surface area contributed by atoms with Crippen molar-refractivity contribution in [1.29, 1.82) is 0 Å². The van der Waals surface area contributed by atoms with Gasteiger partial charge in [-0.2, -0.15) is 0 Å². The van der Waals surface area contributed by atoms with Crippen LogP contribution in [0.5, 0.6) is 0 Å². The first-order chi connectivity index (χ1) is 12.3. The summed E-state index contributed by atoms with van der Waals surface area (Å²) in [5.74, 6) is 2.45. The van der Waals surface area contributed by atoms with Gasteiger partial charge in [0.1, 0.15) is 11.6 Å². The Balaban J connectivity index is 1.46. The van der Waals surface area contributed by atoms with E-state index in [9.17, 15) is 4.79 Å². The van der Waals surface area contributed by atoms with E-state index in [-0.39, 0.29) is 11.9 Å². The Kier molecular flexibility index (Phi) is 4.63. The minimum Gasteiger partial charge on any atom is -0.324 e. The molecule has 1 atom stereocenters. The molecule has 1 N–H and O–H groups in total. The number of hydrogen-bond donors (Lipinski definition) is 1. The Morgan fingerprint density at radius 2 is 2.12 bits per heavy atom. The molecule has 132 valence electrons. The van der Waals surface area contributed by atoms with E-state index in [1.54, 1.807) is 12.4 Å². The first-order valence-corrected chi connectivity index (χ1v) is 9.19. The van der Waals surface area contributed by atoms with Crippen molar-refractivity contribution >= 4 is 11.7 Å². The summed E-state index contributed by atoms with van der Waals surface area (Å²) in [4.78, 5) is 18.5. The molecule has 0 saturated carbocycles. The lowest BCUT2D eigenvalue weighted by atomic mass is 9.97. The summed E-state index contributed by atoms with van der Waals surface area (Å²) in [7, 11) is 0. The Morgan fingerprint density at radius 3 is 3.00 bits per heavy atom. The van der Waals surface area contributed by atoms with Gasteiger partial charge < -0.3 is 14.8 Å². The normalized spacial score (nSPS) is 20.6. The van der Waals surface area contributed by atoms with Crippen molar-refractivity contribution < 1.29 is 4.79 Å². The van der Waals surface area contributed by atoms with Crippen LogP contribution in [0.1, 0.15) is 49.7 Å². The molecule has 2 amide bonds. The Labute approximate surface area is 147 Å². The third-order valence-electron chi connectivity index (χ3n) is 5.12. The Morgan fingerprint density at radius 1 is 1.16 bits per heavy atom. The zero-order chi connectivity index (χ0) is 17.1. The SMILES string of the molecule is O=C(Nc1cccnc1)N1CCCC(c2nnc3n2CCCCC3)C1. The average Bonchev–Trinajstić information content (AvgIpc) is 2.91. The van der Waals surface area contributed by atoms with Gasteiger partial charge in [0.25, 0.3) is 0 Å². The molecule has 0 radical (unpaired) electrons. The molecule has 1 saturated heterocycles. The third-order valence-corrected chi connectivity index (χ3v) is 5.12. The molecule has 2 aromatic rings. The van der Waals surface area contributed by atoms with Crippen molar-refractivity contribution in [3.05, 3.63) is 36.2 Å². The zero-order valence-electron chi connectivity index (χ0n) is 14.4. The topological polar surface area (TPSA) is 75.9 Å². The van der Waals surface area contributed by atoms with Gasteiger partial charge in [0.15, 0.2) is 0 Å². The average molecular weight is 340 g/mol. The monoisotopic (exact) mass is 340 g/mol. The molecule has 7 heteroatoms. The highest BCUT2D eigenvalue weighted by atomic mass is 16.2. The third kappa shape index (κ3) is 3.50. The molecule has 1 fully saturated rings. The highest BCUT2D eigenvalue weighted by Gasteiger charge is 2.29. The fourth-order valence-corrected chi connectivity index (χ4v) is 3.82.